The molecule has 0 aromatic heterocycles. The first-order valence-electron chi connectivity index (χ1n) is 9.50. The van der Waals surface area contributed by atoms with Crippen molar-refractivity contribution in [3.63, 3.8) is 0 Å². The zero-order valence-electron chi connectivity index (χ0n) is 16.0. The van der Waals surface area contributed by atoms with Gasteiger partial charge in [-0.1, -0.05) is 25.5 Å². The molecule has 7 heteroatoms. The number of ketones is 1. The predicted molar refractivity (Wildman–Crippen MR) is 91.3 cm³/mol. The maximum absolute atomic E-state index is 12.4. The topological polar surface area (TPSA) is 83.5 Å². The number of fused-ring (bicyclic) bond motifs is 5. The minimum Gasteiger partial charge on any atom is -0.726 e. The van der Waals surface area contributed by atoms with E-state index < -0.39 is 16.5 Å². The standard InChI is InChI=1S/C19H28O5S.K/c1-18-9-7-13(24-25(21,22)23)11-12(18)3-4-14-15-5-6-17(20)19(15,2)10-8-16(14)18;/h3,13-16H,4-11H2,1-2H3,(H,21,22,23);/q;+1/p-1/t13-,14?,15?,16?,18-,19-;/m0./s1. The Labute approximate surface area is 199 Å². The molecule has 6 atom stereocenters. The number of allylic oxidation sites excluding steroid dienone is 1. The molecular weight excluding hydrogens is 379 g/mol. The molecule has 0 saturated heterocycles. The Morgan fingerprint density at radius 1 is 1.12 bits per heavy atom. The molecule has 0 N–H and O–H groups in total. The molecule has 4 aliphatic carbocycles. The SMILES string of the molecule is C[C@]12CC[C@H](OS(=O)(=O)[O-])CC1=CCC1C2CC[C@]2(C)C(=O)CCC12.[K+]. The smallest absolute Gasteiger partial charge is 0.726 e. The second kappa shape index (κ2) is 7.31. The molecule has 3 unspecified atom stereocenters. The molecule has 140 valence electrons. The fraction of sp³-hybridized carbons (Fsp3) is 0.842. The van der Waals surface area contributed by atoms with E-state index in [9.17, 15) is 17.8 Å². The van der Waals surface area contributed by atoms with Gasteiger partial charge in [-0.05, 0) is 68.1 Å². The first kappa shape index (κ1) is 21.6. The molecule has 5 nitrogen and oxygen atoms in total. The van der Waals surface area contributed by atoms with Crippen molar-refractivity contribution in [3.05, 3.63) is 11.6 Å². The van der Waals surface area contributed by atoms with Crippen LogP contribution in [-0.2, 0) is 19.4 Å². The van der Waals surface area contributed by atoms with Crippen molar-refractivity contribution in [2.45, 2.75) is 71.3 Å². The van der Waals surface area contributed by atoms with Gasteiger partial charge in [0.2, 0.25) is 10.4 Å². The van der Waals surface area contributed by atoms with Gasteiger partial charge < -0.3 is 4.55 Å². The normalized spacial score (nSPS) is 45.0. The number of hydrogen-bond donors (Lipinski definition) is 0. The van der Waals surface area contributed by atoms with Crippen molar-refractivity contribution in [2.24, 2.45) is 28.6 Å². The van der Waals surface area contributed by atoms with Crippen LogP contribution in [0.3, 0.4) is 0 Å². The molecule has 4 rings (SSSR count). The summed E-state index contributed by atoms with van der Waals surface area (Å²) in [6.45, 7) is 4.48. The summed E-state index contributed by atoms with van der Waals surface area (Å²) in [5, 5.41) is 0. The molecule has 3 saturated carbocycles. The third-order valence-corrected chi connectivity index (χ3v) is 8.53. The summed E-state index contributed by atoms with van der Waals surface area (Å²) in [6, 6.07) is 0. The fourth-order valence-corrected chi connectivity index (χ4v) is 7.14. The zero-order chi connectivity index (χ0) is 18.0. The van der Waals surface area contributed by atoms with Crippen molar-refractivity contribution in [1.29, 1.82) is 0 Å². The molecule has 0 aromatic rings. The van der Waals surface area contributed by atoms with Gasteiger partial charge in [0.1, 0.15) is 5.78 Å². The van der Waals surface area contributed by atoms with E-state index >= 15 is 0 Å². The molecule has 3 fully saturated rings. The molecule has 0 bridgehead atoms. The minimum absolute atomic E-state index is 0. The summed E-state index contributed by atoms with van der Waals surface area (Å²) in [6.07, 6.45) is 8.55. The first-order valence-corrected chi connectivity index (χ1v) is 10.8. The largest absolute Gasteiger partial charge is 1.00 e. The Morgan fingerprint density at radius 2 is 1.77 bits per heavy atom. The summed E-state index contributed by atoms with van der Waals surface area (Å²) in [7, 11) is -4.65. The molecule has 0 heterocycles. The van der Waals surface area contributed by atoms with Gasteiger partial charge in [0.05, 0.1) is 6.10 Å². The Hall–Kier alpha value is 0.916. The van der Waals surface area contributed by atoms with Gasteiger partial charge in [-0.25, -0.2) is 8.42 Å². The monoisotopic (exact) mass is 406 g/mol. The molecule has 0 radical (unpaired) electrons. The summed E-state index contributed by atoms with van der Waals surface area (Å²) < 4.78 is 37.5. The van der Waals surface area contributed by atoms with E-state index in [2.05, 4.69) is 19.9 Å². The number of Topliss-reactive ketones (excluding diaryl/α,β-unsaturated/α-hetero) is 1. The number of carbonyl (C=O) groups excluding carboxylic acids is 1. The maximum atomic E-state index is 12.4. The van der Waals surface area contributed by atoms with Crippen LogP contribution in [0.2, 0.25) is 0 Å². The Bertz CT molecular complexity index is 732. The van der Waals surface area contributed by atoms with E-state index in [4.69, 9.17) is 4.18 Å². The van der Waals surface area contributed by atoms with E-state index in [0.717, 1.165) is 38.5 Å². The van der Waals surface area contributed by atoms with Crippen molar-refractivity contribution in [1.82, 2.24) is 0 Å². The summed E-state index contributed by atoms with van der Waals surface area (Å²) in [5.41, 5.74) is 1.20. The van der Waals surface area contributed by atoms with Crippen LogP contribution >= 0.6 is 0 Å². The van der Waals surface area contributed by atoms with Gasteiger partial charge in [-0.2, -0.15) is 0 Å². The van der Waals surface area contributed by atoms with E-state index in [0.29, 0.717) is 36.4 Å². The van der Waals surface area contributed by atoms with Crippen LogP contribution in [0, 0.1) is 28.6 Å². The maximum Gasteiger partial charge on any atom is 1.00 e. The summed E-state index contributed by atoms with van der Waals surface area (Å²) in [4.78, 5) is 12.4. The molecular formula is C19H27KO5S. The predicted octanol–water partition coefficient (Wildman–Crippen LogP) is 0.368. The van der Waals surface area contributed by atoms with Crippen LogP contribution in [-0.4, -0.2) is 24.9 Å². The van der Waals surface area contributed by atoms with Gasteiger partial charge in [-0.15, -0.1) is 0 Å². The third kappa shape index (κ3) is 3.49. The van der Waals surface area contributed by atoms with Crippen molar-refractivity contribution < 1.29 is 73.3 Å². The molecule has 0 amide bonds. The number of rotatable bonds is 2. The molecule has 0 aliphatic heterocycles. The first-order chi connectivity index (χ1) is 11.6. The molecule has 26 heavy (non-hydrogen) atoms. The quantitative estimate of drug-likeness (QED) is 0.286. The van der Waals surface area contributed by atoms with Gasteiger partial charge in [0.25, 0.3) is 0 Å². The van der Waals surface area contributed by atoms with Gasteiger partial charge in [0, 0.05) is 11.8 Å². The second-order valence-corrected chi connectivity index (χ2v) is 10.1. The molecule has 0 aromatic carbocycles. The fourth-order valence-electron chi connectivity index (χ4n) is 6.65. The van der Waals surface area contributed by atoms with E-state index in [1.54, 1.807) is 0 Å². The van der Waals surface area contributed by atoms with Crippen molar-refractivity contribution in [2.75, 3.05) is 0 Å². The van der Waals surface area contributed by atoms with Crippen molar-refractivity contribution in [3.8, 4) is 0 Å². The van der Waals surface area contributed by atoms with Gasteiger partial charge in [-0.3, -0.25) is 8.98 Å². The average molecular weight is 407 g/mol. The van der Waals surface area contributed by atoms with Crippen molar-refractivity contribution >= 4 is 16.2 Å². The Balaban J connectivity index is 0.00000196. The average Bonchev–Trinajstić information content (AvgIpc) is 2.82. The van der Waals surface area contributed by atoms with Crippen LogP contribution in [0.1, 0.15) is 65.2 Å². The number of hydrogen-bond acceptors (Lipinski definition) is 5. The second-order valence-electron chi connectivity index (χ2n) is 9.05. The third-order valence-electron chi connectivity index (χ3n) is 8.02. The van der Waals surface area contributed by atoms with Crippen LogP contribution in [0.15, 0.2) is 11.6 Å². The van der Waals surface area contributed by atoms with Gasteiger partial charge in [0.15, 0.2) is 0 Å². The molecule has 0 spiro atoms. The van der Waals surface area contributed by atoms with Crippen LogP contribution in [0.4, 0.5) is 0 Å². The summed E-state index contributed by atoms with van der Waals surface area (Å²) >= 11 is 0. The Morgan fingerprint density at radius 3 is 2.46 bits per heavy atom. The van der Waals surface area contributed by atoms with E-state index in [1.807, 2.05) is 0 Å². The van der Waals surface area contributed by atoms with Crippen LogP contribution < -0.4 is 51.4 Å². The Kier molecular flexibility index (Phi) is 6.08. The summed E-state index contributed by atoms with van der Waals surface area (Å²) in [5.74, 6) is 2.05. The van der Waals surface area contributed by atoms with E-state index in [-0.39, 0.29) is 62.2 Å². The van der Waals surface area contributed by atoms with Gasteiger partial charge >= 0.3 is 51.4 Å². The molecule has 4 aliphatic rings. The van der Waals surface area contributed by atoms with E-state index in [1.165, 1.54) is 5.57 Å². The number of carbonyl (C=O) groups is 1. The van der Waals surface area contributed by atoms with Crippen LogP contribution in [0.25, 0.3) is 0 Å². The minimum atomic E-state index is -4.65. The zero-order valence-corrected chi connectivity index (χ0v) is 19.9. The van der Waals surface area contributed by atoms with Crippen LogP contribution in [0.5, 0.6) is 0 Å².